The zero-order valence-electron chi connectivity index (χ0n) is 9.52. The van der Waals surface area contributed by atoms with E-state index < -0.39 is 0 Å². The highest BCUT2D eigenvalue weighted by Gasteiger charge is 2.28. The normalized spacial score (nSPS) is 38.4. The molecule has 3 atom stereocenters. The fourth-order valence-corrected chi connectivity index (χ4v) is 2.33. The van der Waals surface area contributed by atoms with Crippen LogP contribution in [0.5, 0.6) is 0 Å². The maximum Gasteiger partial charge on any atom is 0.0824 e. The van der Waals surface area contributed by atoms with Crippen molar-refractivity contribution in [1.82, 2.24) is 4.90 Å². The van der Waals surface area contributed by atoms with Crippen LogP contribution in [0.1, 0.15) is 13.3 Å². The lowest BCUT2D eigenvalue weighted by molar-refractivity contribution is -0.0583. The van der Waals surface area contributed by atoms with Crippen LogP contribution in [0.3, 0.4) is 0 Å². The van der Waals surface area contributed by atoms with Gasteiger partial charge in [0.15, 0.2) is 0 Å². The van der Waals surface area contributed by atoms with E-state index >= 15 is 0 Å². The fourth-order valence-electron chi connectivity index (χ4n) is 2.33. The first-order valence-corrected chi connectivity index (χ1v) is 5.93. The van der Waals surface area contributed by atoms with E-state index in [9.17, 15) is 0 Å². The molecule has 0 spiro atoms. The van der Waals surface area contributed by atoms with E-state index in [1.165, 1.54) is 6.42 Å². The van der Waals surface area contributed by atoms with Gasteiger partial charge in [0, 0.05) is 32.3 Å². The molecule has 2 heterocycles. The summed E-state index contributed by atoms with van der Waals surface area (Å²) >= 11 is 0. The molecule has 3 unspecified atom stereocenters. The second-order valence-corrected chi connectivity index (χ2v) is 4.72. The Labute approximate surface area is 91.7 Å². The van der Waals surface area contributed by atoms with Crippen LogP contribution >= 0.6 is 0 Å². The summed E-state index contributed by atoms with van der Waals surface area (Å²) in [5, 5.41) is 0. The van der Waals surface area contributed by atoms with Crippen LogP contribution in [0.25, 0.3) is 0 Å². The Hall–Kier alpha value is -0.160. The molecule has 0 amide bonds. The van der Waals surface area contributed by atoms with E-state index in [2.05, 4.69) is 11.8 Å². The molecule has 0 aliphatic carbocycles. The van der Waals surface area contributed by atoms with Crippen LogP contribution in [0.4, 0.5) is 0 Å². The fraction of sp³-hybridized carbons (Fsp3) is 1.00. The highest BCUT2D eigenvalue weighted by molar-refractivity contribution is 4.80. The summed E-state index contributed by atoms with van der Waals surface area (Å²) in [5.74, 6) is 0.712. The quantitative estimate of drug-likeness (QED) is 0.722. The van der Waals surface area contributed by atoms with Gasteiger partial charge < -0.3 is 15.2 Å². The van der Waals surface area contributed by atoms with Crippen LogP contribution in [0.15, 0.2) is 0 Å². The number of ether oxygens (including phenoxy) is 2. The molecule has 2 fully saturated rings. The van der Waals surface area contributed by atoms with Gasteiger partial charge in [0.05, 0.1) is 19.3 Å². The van der Waals surface area contributed by atoms with Crippen molar-refractivity contribution in [2.45, 2.75) is 25.5 Å². The topological polar surface area (TPSA) is 47.7 Å². The van der Waals surface area contributed by atoms with Crippen molar-refractivity contribution in [2.24, 2.45) is 11.7 Å². The van der Waals surface area contributed by atoms with Crippen LogP contribution < -0.4 is 5.73 Å². The van der Waals surface area contributed by atoms with Gasteiger partial charge in [-0.2, -0.15) is 0 Å². The molecule has 0 saturated carbocycles. The predicted octanol–water partition coefficient (Wildman–Crippen LogP) is 0.0709. The molecule has 88 valence electrons. The van der Waals surface area contributed by atoms with Crippen molar-refractivity contribution in [3.8, 4) is 0 Å². The van der Waals surface area contributed by atoms with E-state index in [4.69, 9.17) is 15.2 Å². The summed E-state index contributed by atoms with van der Waals surface area (Å²) in [6.45, 7) is 7.65. The predicted molar refractivity (Wildman–Crippen MR) is 58.8 cm³/mol. The SMILES string of the molecule is CC1COC(CN)CN1CC1CCOC1. The minimum absolute atomic E-state index is 0.225. The largest absolute Gasteiger partial charge is 0.381 e. The minimum atomic E-state index is 0.225. The van der Waals surface area contributed by atoms with E-state index in [-0.39, 0.29) is 6.10 Å². The van der Waals surface area contributed by atoms with Crippen molar-refractivity contribution in [3.63, 3.8) is 0 Å². The third-order valence-electron chi connectivity index (χ3n) is 3.41. The highest BCUT2D eigenvalue weighted by atomic mass is 16.5. The number of hydrogen-bond donors (Lipinski definition) is 1. The van der Waals surface area contributed by atoms with Crippen molar-refractivity contribution in [2.75, 3.05) is 39.5 Å². The van der Waals surface area contributed by atoms with Gasteiger partial charge in [-0.15, -0.1) is 0 Å². The summed E-state index contributed by atoms with van der Waals surface area (Å²) in [5.41, 5.74) is 5.64. The molecular formula is C11H22N2O2. The second kappa shape index (κ2) is 5.25. The van der Waals surface area contributed by atoms with Gasteiger partial charge in [0.25, 0.3) is 0 Å². The number of morpholine rings is 1. The first-order valence-electron chi connectivity index (χ1n) is 5.93. The molecule has 0 radical (unpaired) electrons. The Morgan fingerprint density at radius 3 is 2.93 bits per heavy atom. The first-order chi connectivity index (χ1) is 7.29. The third-order valence-corrected chi connectivity index (χ3v) is 3.41. The number of rotatable bonds is 3. The van der Waals surface area contributed by atoms with Gasteiger partial charge in [-0.25, -0.2) is 0 Å². The second-order valence-electron chi connectivity index (χ2n) is 4.72. The van der Waals surface area contributed by atoms with E-state index in [1.807, 2.05) is 0 Å². The zero-order valence-corrected chi connectivity index (χ0v) is 9.52. The molecule has 2 rings (SSSR count). The summed E-state index contributed by atoms with van der Waals surface area (Å²) in [6.07, 6.45) is 1.43. The van der Waals surface area contributed by atoms with Crippen molar-refractivity contribution in [1.29, 1.82) is 0 Å². The standard InChI is InChI=1S/C11H22N2O2/c1-9-7-15-11(4-12)6-13(9)5-10-2-3-14-8-10/h9-11H,2-8,12H2,1H3. The van der Waals surface area contributed by atoms with Gasteiger partial charge in [0.1, 0.15) is 0 Å². The van der Waals surface area contributed by atoms with Crippen LogP contribution in [-0.2, 0) is 9.47 Å². The maximum absolute atomic E-state index is 5.64. The van der Waals surface area contributed by atoms with Crippen molar-refractivity contribution >= 4 is 0 Å². The van der Waals surface area contributed by atoms with Crippen LogP contribution in [-0.4, -0.2) is 56.5 Å². The summed E-state index contributed by atoms with van der Waals surface area (Å²) in [6, 6.07) is 0.522. The molecule has 2 N–H and O–H groups in total. The van der Waals surface area contributed by atoms with Crippen LogP contribution in [0.2, 0.25) is 0 Å². The lowest BCUT2D eigenvalue weighted by Gasteiger charge is -2.38. The Morgan fingerprint density at radius 2 is 2.27 bits per heavy atom. The molecule has 0 aromatic heterocycles. The Balaban J connectivity index is 1.82. The van der Waals surface area contributed by atoms with Crippen molar-refractivity contribution in [3.05, 3.63) is 0 Å². The Kier molecular flexibility index (Phi) is 3.97. The molecule has 2 aliphatic rings. The molecular weight excluding hydrogens is 192 g/mol. The molecule has 0 aromatic carbocycles. The average molecular weight is 214 g/mol. The minimum Gasteiger partial charge on any atom is -0.381 e. The van der Waals surface area contributed by atoms with Crippen molar-refractivity contribution < 1.29 is 9.47 Å². The maximum atomic E-state index is 5.64. The Bertz CT molecular complexity index is 195. The first kappa shape index (κ1) is 11.3. The van der Waals surface area contributed by atoms with Gasteiger partial charge in [-0.1, -0.05) is 0 Å². The molecule has 0 aromatic rings. The molecule has 15 heavy (non-hydrogen) atoms. The summed E-state index contributed by atoms with van der Waals surface area (Å²) in [7, 11) is 0. The zero-order chi connectivity index (χ0) is 10.7. The number of hydrogen-bond acceptors (Lipinski definition) is 4. The lowest BCUT2D eigenvalue weighted by atomic mass is 10.1. The average Bonchev–Trinajstić information content (AvgIpc) is 2.74. The molecule has 4 heteroatoms. The van der Waals surface area contributed by atoms with Gasteiger partial charge >= 0.3 is 0 Å². The van der Waals surface area contributed by atoms with Gasteiger partial charge in [-0.05, 0) is 19.3 Å². The number of nitrogens with two attached hydrogens (primary N) is 1. The monoisotopic (exact) mass is 214 g/mol. The number of nitrogens with zero attached hydrogens (tertiary/aromatic N) is 1. The molecule has 4 nitrogen and oxygen atoms in total. The third kappa shape index (κ3) is 2.91. The molecule has 2 aliphatic heterocycles. The van der Waals surface area contributed by atoms with E-state index in [0.717, 1.165) is 32.9 Å². The Morgan fingerprint density at radius 1 is 1.40 bits per heavy atom. The summed E-state index contributed by atoms with van der Waals surface area (Å²) < 4.78 is 11.0. The molecule has 0 bridgehead atoms. The van der Waals surface area contributed by atoms with E-state index in [1.54, 1.807) is 0 Å². The van der Waals surface area contributed by atoms with Gasteiger partial charge in [-0.3, -0.25) is 4.90 Å². The van der Waals surface area contributed by atoms with E-state index in [0.29, 0.717) is 18.5 Å². The lowest BCUT2D eigenvalue weighted by Crippen LogP contribution is -2.51. The smallest absolute Gasteiger partial charge is 0.0824 e. The summed E-state index contributed by atoms with van der Waals surface area (Å²) in [4.78, 5) is 2.50. The molecule has 2 saturated heterocycles. The van der Waals surface area contributed by atoms with Crippen LogP contribution in [0, 0.1) is 5.92 Å². The van der Waals surface area contributed by atoms with Gasteiger partial charge in [0.2, 0.25) is 0 Å². The highest BCUT2D eigenvalue weighted by Crippen LogP contribution is 2.18.